The summed E-state index contributed by atoms with van der Waals surface area (Å²) in [5, 5.41) is 11.9. The van der Waals surface area contributed by atoms with Gasteiger partial charge < -0.3 is 16.2 Å². The van der Waals surface area contributed by atoms with Gasteiger partial charge in [0.25, 0.3) is 0 Å². The van der Waals surface area contributed by atoms with Gasteiger partial charge in [0.1, 0.15) is 0 Å². The number of benzene rings is 1. The average Bonchev–Trinajstić information content (AvgIpc) is 2.55. The van der Waals surface area contributed by atoms with Gasteiger partial charge in [-0.15, -0.1) is 0 Å². The number of aryl methyl sites for hydroxylation is 1. The number of aliphatic hydroxyl groups excluding tert-OH is 1. The number of anilines is 2. The molecule has 1 aromatic carbocycles. The Morgan fingerprint density at radius 1 is 1.35 bits per heavy atom. The minimum Gasteiger partial charge on any atom is -0.398 e. The largest absolute Gasteiger partial charge is 0.398 e. The second-order valence-electron chi connectivity index (χ2n) is 6.03. The van der Waals surface area contributed by atoms with Crippen LogP contribution in [0.4, 0.5) is 11.4 Å². The third kappa shape index (κ3) is 4.67. The van der Waals surface area contributed by atoms with Gasteiger partial charge in [-0.2, -0.15) is 0 Å². The lowest BCUT2D eigenvalue weighted by atomic mass is 10.1. The smallest absolute Gasteiger partial charge is 0.241 e. The summed E-state index contributed by atoms with van der Waals surface area (Å²) in [6.07, 6.45) is 0.884. The maximum absolute atomic E-state index is 12.4. The molecular weight excluding hydrogens is 292 g/mol. The van der Waals surface area contributed by atoms with Crippen LogP contribution in [0.15, 0.2) is 18.2 Å². The van der Waals surface area contributed by atoms with E-state index in [2.05, 4.69) is 22.0 Å². The maximum Gasteiger partial charge on any atom is 0.241 e. The number of amides is 1. The highest BCUT2D eigenvalue weighted by Gasteiger charge is 2.25. The number of piperazine rings is 1. The summed E-state index contributed by atoms with van der Waals surface area (Å²) < 4.78 is 0. The minimum absolute atomic E-state index is 0.00995. The predicted octanol–water partition coefficient (Wildman–Crippen LogP) is 0.768. The van der Waals surface area contributed by atoms with Crippen LogP contribution in [0.1, 0.15) is 19.4 Å². The van der Waals surface area contributed by atoms with Gasteiger partial charge >= 0.3 is 0 Å². The van der Waals surface area contributed by atoms with Gasteiger partial charge in [0.05, 0.1) is 12.6 Å². The van der Waals surface area contributed by atoms with Gasteiger partial charge in [0, 0.05) is 44.1 Å². The molecular formula is C17H28N4O2. The Bertz CT molecular complexity index is 527. The van der Waals surface area contributed by atoms with Crippen LogP contribution in [-0.4, -0.2) is 66.2 Å². The number of hydrogen-bond acceptors (Lipinski definition) is 5. The third-order valence-corrected chi connectivity index (χ3v) is 4.54. The fourth-order valence-electron chi connectivity index (χ4n) is 2.92. The number of nitrogens with zero attached hydrogens (tertiary/aromatic N) is 2. The molecule has 0 aliphatic carbocycles. The number of nitrogen functional groups attached to an aromatic ring is 1. The highest BCUT2D eigenvalue weighted by Crippen LogP contribution is 2.19. The summed E-state index contributed by atoms with van der Waals surface area (Å²) in [7, 11) is 0. The quantitative estimate of drug-likeness (QED) is 0.675. The number of rotatable bonds is 6. The molecule has 1 aromatic rings. The lowest BCUT2D eigenvalue weighted by Gasteiger charge is -2.37. The average molecular weight is 320 g/mol. The monoisotopic (exact) mass is 320 g/mol. The van der Waals surface area contributed by atoms with Crippen molar-refractivity contribution < 1.29 is 9.90 Å². The van der Waals surface area contributed by atoms with Crippen molar-refractivity contribution >= 4 is 17.3 Å². The standard InChI is InChI=1S/C17H28N4O2/c1-3-14-4-5-15(12-16(14)18)19-17(23)13(2)21-8-6-20(7-9-21)10-11-22/h4-5,12-13,22H,3,6-11,18H2,1-2H3,(H,19,23). The van der Waals surface area contributed by atoms with E-state index in [-0.39, 0.29) is 18.6 Å². The van der Waals surface area contributed by atoms with Crippen LogP contribution in [-0.2, 0) is 11.2 Å². The number of hydrogen-bond donors (Lipinski definition) is 3. The molecule has 1 fully saturated rings. The van der Waals surface area contributed by atoms with Crippen LogP contribution in [0.5, 0.6) is 0 Å². The van der Waals surface area contributed by atoms with Crippen molar-refractivity contribution in [3.63, 3.8) is 0 Å². The SMILES string of the molecule is CCc1ccc(NC(=O)C(C)N2CCN(CCO)CC2)cc1N. The van der Waals surface area contributed by atoms with Crippen molar-refractivity contribution in [1.29, 1.82) is 0 Å². The van der Waals surface area contributed by atoms with E-state index in [0.29, 0.717) is 6.54 Å². The van der Waals surface area contributed by atoms with Gasteiger partial charge in [-0.3, -0.25) is 14.6 Å². The van der Waals surface area contributed by atoms with Crippen molar-refractivity contribution in [2.45, 2.75) is 26.3 Å². The first-order valence-electron chi connectivity index (χ1n) is 8.31. The highest BCUT2D eigenvalue weighted by atomic mass is 16.3. The summed E-state index contributed by atoms with van der Waals surface area (Å²) in [6, 6.07) is 5.50. The zero-order chi connectivity index (χ0) is 16.8. The number of carbonyl (C=O) groups is 1. The van der Waals surface area contributed by atoms with Gasteiger partial charge in [-0.1, -0.05) is 13.0 Å². The Balaban J connectivity index is 1.89. The molecule has 0 radical (unpaired) electrons. The van der Waals surface area contributed by atoms with Gasteiger partial charge in [0.15, 0.2) is 0 Å². The fraction of sp³-hybridized carbons (Fsp3) is 0.588. The van der Waals surface area contributed by atoms with Gasteiger partial charge in [-0.05, 0) is 31.0 Å². The molecule has 6 heteroatoms. The molecule has 4 N–H and O–H groups in total. The Morgan fingerprint density at radius 3 is 2.61 bits per heavy atom. The van der Waals surface area contributed by atoms with Crippen LogP contribution < -0.4 is 11.1 Å². The van der Waals surface area contributed by atoms with Crippen molar-refractivity contribution in [3.8, 4) is 0 Å². The summed E-state index contributed by atoms with van der Waals surface area (Å²) in [6.45, 7) is 8.33. The van der Waals surface area contributed by atoms with Gasteiger partial charge in [-0.25, -0.2) is 0 Å². The van der Waals surface area contributed by atoms with E-state index >= 15 is 0 Å². The summed E-state index contributed by atoms with van der Waals surface area (Å²) >= 11 is 0. The Kier molecular flexibility index (Phi) is 6.38. The first-order valence-corrected chi connectivity index (χ1v) is 8.31. The van der Waals surface area contributed by atoms with Crippen molar-refractivity contribution in [2.24, 2.45) is 0 Å². The molecule has 23 heavy (non-hydrogen) atoms. The highest BCUT2D eigenvalue weighted by molar-refractivity contribution is 5.95. The predicted molar refractivity (Wildman–Crippen MR) is 93.4 cm³/mol. The molecule has 0 saturated carbocycles. The van der Waals surface area contributed by atoms with E-state index in [9.17, 15) is 4.79 Å². The topological polar surface area (TPSA) is 81.8 Å². The second-order valence-corrected chi connectivity index (χ2v) is 6.03. The lowest BCUT2D eigenvalue weighted by molar-refractivity contribution is -0.121. The Labute approximate surface area is 138 Å². The minimum atomic E-state index is -0.182. The summed E-state index contributed by atoms with van der Waals surface area (Å²) in [5.74, 6) is -0.00995. The molecule has 1 unspecified atom stereocenters. The van der Waals surface area contributed by atoms with Crippen molar-refractivity contribution in [2.75, 3.05) is 50.4 Å². The lowest BCUT2D eigenvalue weighted by Crippen LogP contribution is -2.53. The molecule has 1 heterocycles. The molecule has 0 spiro atoms. The Morgan fingerprint density at radius 2 is 2.04 bits per heavy atom. The first-order chi connectivity index (χ1) is 11.0. The molecule has 1 aliphatic heterocycles. The summed E-state index contributed by atoms with van der Waals surface area (Å²) in [4.78, 5) is 16.8. The first kappa shape index (κ1) is 17.7. The molecule has 2 rings (SSSR count). The second kappa shape index (κ2) is 8.29. The number of carbonyl (C=O) groups excluding carboxylic acids is 1. The zero-order valence-electron chi connectivity index (χ0n) is 14.1. The van der Waals surface area contributed by atoms with E-state index in [1.54, 1.807) is 0 Å². The van der Waals surface area contributed by atoms with Gasteiger partial charge in [0.2, 0.25) is 5.91 Å². The number of β-amino-alcohol motifs (C(OH)–C–C–N with tert-alkyl or cyclic N) is 1. The number of nitrogens with two attached hydrogens (primary N) is 1. The number of nitrogens with one attached hydrogen (secondary N) is 1. The van der Waals surface area contributed by atoms with E-state index in [1.165, 1.54) is 0 Å². The molecule has 0 aromatic heterocycles. The van der Waals surface area contributed by atoms with Crippen LogP contribution in [0.3, 0.4) is 0 Å². The fourth-order valence-corrected chi connectivity index (χ4v) is 2.92. The number of aliphatic hydroxyl groups is 1. The van der Waals surface area contributed by atoms with Crippen LogP contribution in [0.2, 0.25) is 0 Å². The van der Waals surface area contributed by atoms with Crippen LogP contribution in [0.25, 0.3) is 0 Å². The molecule has 1 saturated heterocycles. The Hall–Kier alpha value is -1.63. The molecule has 1 atom stereocenters. The molecule has 1 amide bonds. The molecule has 1 aliphatic rings. The van der Waals surface area contributed by atoms with E-state index < -0.39 is 0 Å². The van der Waals surface area contributed by atoms with Crippen LogP contribution >= 0.6 is 0 Å². The zero-order valence-corrected chi connectivity index (χ0v) is 14.1. The van der Waals surface area contributed by atoms with Crippen molar-refractivity contribution in [3.05, 3.63) is 23.8 Å². The molecule has 6 nitrogen and oxygen atoms in total. The molecule has 128 valence electrons. The maximum atomic E-state index is 12.4. The molecule has 0 bridgehead atoms. The normalized spacial score (nSPS) is 17.9. The van der Waals surface area contributed by atoms with E-state index in [1.807, 2.05) is 25.1 Å². The van der Waals surface area contributed by atoms with E-state index in [0.717, 1.165) is 49.5 Å². The third-order valence-electron chi connectivity index (χ3n) is 4.54. The van der Waals surface area contributed by atoms with Crippen molar-refractivity contribution in [1.82, 2.24) is 9.80 Å². The summed E-state index contributed by atoms with van der Waals surface area (Å²) in [5.41, 5.74) is 8.54. The van der Waals surface area contributed by atoms with E-state index in [4.69, 9.17) is 10.8 Å². The van der Waals surface area contributed by atoms with Crippen LogP contribution in [0, 0.1) is 0 Å².